The number of nitro groups is 1. The van der Waals surface area contributed by atoms with Crippen molar-refractivity contribution in [1.82, 2.24) is 9.78 Å². The van der Waals surface area contributed by atoms with Crippen molar-refractivity contribution in [3.8, 4) is 0 Å². The van der Waals surface area contributed by atoms with Crippen molar-refractivity contribution in [2.24, 2.45) is 0 Å². The first-order valence-electron chi connectivity index (χ1n) is 5.75. The zero-order valence-electron chi connectivity index (χ0n) is 11.0. The van der Waals surface area contributed by atoms with Gasteiger partial charge in [-0.05, 0) is 12.1 Å². The highest BCUT2D eigenvalue weighted by Crippen LogP contribution is 2.17. The molecule has 1 heterocycles. The first-order valence-corrected chi connectivity index (χ1v) is 9.46. The topological polar surface area (TPSA) is 70.2 Å². The van der Waals surface area contributed by atoms with Gasteiger partial charge in [-0.2, -0.15) is 5.10 Å². The number of hydrogen-bond donors (Lipinski definition) is 0. The summed E-state index contributed by atoms with van der Waals surface area (Å²) in [6.07, 6.45) is 2.74. The van der Waals surface area contributed by atoms with Crippen LogP contribution in [-0.4, -0.2) is 29.4 Å². The molecule has 100 valence electrons. The minimum atomic E-state index is -1.10. The summed E-state index contributed by atoms with van der Waals surface area (Å²) >= 11 is 0. The van der Waals surface area contributed by atoms with E-state index < -0.39 is 13.0 Å². The third-order valence-electron chi connectivity index (χ3n) is 2.38. The second kappa shape index (κ2) is 5.92. The van der Waals surface area contributed by atoms with Crippen molar-refractivity contribution >= 4 is 19.8 Å². The molecule has 0 saturated heterocycles. The molecule has 0 unspecified atom stereocenters. The zero-order valence-corrected chi connectivity index (χ0v) is 12.0. The van der Waals surface area contributed by atoms with Gasteiger partial charge in [-0.15, -0.1) is 0 Å². The SMILES string of the molecule is C=Cc1nn(COCC[Si](C)(C)C)cc1[N+](=O)[O-]. The molecule has 0 spiro atoms. The molecular formula is C11H19N3O3Si. The first-order chi connectivity index (χ1) is 8.33. The van der Waals surface area contributed by atoms with Crippen LogP contribution in [0.1, 0.15) is 5.69 Å². The van der Waals surface area contributed by atoms with Gasteiger partial charge in [-0.1, -0.05) is 26.2 Å². The number of rotatable bonds is 7. The minimum absolute atomic E-state index is 0.0428. The summed E-state index contributed by atoms with van der Waals surface area (Å²) in [5.41, 5.74) is 0.229. The molecule has 0 radical (unpaired) electrons. The van der Waals surface area contributed by atoms with E-state index in [0.29, 0.717) is 6.61 Å². The summed E-state index contributed by atoms with van der Waals surface area (Å²) in [5, 5.41) is 14.8. The average molecular weight is 269 g/mol. The fourth-order valence-corrected chi connectivity index (χ4v) is 2.07. The molecule has 1 rings (SSSR count). The molecule has 0 amide bonds. The largest absolute Gasteiger partial charge is 0.360 e. The molecule has 0 N–H and O–H groups in total. The third-order valence-corrected chi connectivity index (χ3v) is 4.08. The number of hydrogen-bond acceptors (Lipinski definition) is 4. The van der Waals surface area contributed by atoms with Crippen LogP contribution in [-0.2, 0) is 11.5 Å². The van der Waals surface area contributed by atoms with E-state index in [-0.39, 0.29) is 18.1 Å². The van der Waals surface area contributed by atoms with Gasteiger partial charge in [-0.25, -0.2) is 4.68 Å². The van der Waals surface area contributed by atoms with Gasteiger partial charge in [0, 0.05) is 14.7 Å². The second-order valence-electron chi connectivity index (χ2n) is 5.25. The van der Waals surface area contributed by atoms with Crippen LogP contribution in [0.3, 0.4) is 0 Å². The van der Waals surface area contributed by atoms with E-state index in [1.165, 1.54) is 17.0 Å². The lowest BCUT2D eigenvalue weighted by molar-refractivity contribution is -0.385. The summed E-state index contributed by atoms with van der Waals surface area (Å²) in [4.78, 5) is 10.3. The summed E-state index contributed by atoms with van der Waals surface area (Å²) in [7, 11) is -1.10. The first kappa shape index (κ1) is 14.6. The van der Waals surface area contributed by atoms with E-state index in [1.54, 1.807) is 0 Å². The van der Waals surface area contributed by atoms with Crippen LogP contribution in [0.25, 0.3) is 6.08 Å². The number of ether oxygens (including phenoxy) is 1. The van der Waals surface area contributed by atoms with Crippen LogP contribution in [0, 0.1) is 10.1 Å². The van der Waals surface area contributed by atoms with E-state index in [2.05, 4.69) is 31.3 Å². The van der Waals surface area contributed by atoms with Crippen molar-refractivity contribution < 1.29 is 9.66 Å². The number of aromatic nitrogens is 2. The highest BCUT2D eigenvalue weighted by molar-refractivity contribution is 6.76. The fraction of sp³-hybridized carbons (Fsp3) is 0.545. The Hall–Kier alpha value is -1.47. The third kappa shape index (κ3) is 4.42. The Morgan fingerprint density at radius 3 is 2.72 bits per heavy atom. The van der Waals surface area contributed by atoms with Gasteiger partial charge in [0.1, 0.15) is 12.9 Å². The van der Waals surface area contributed by atoms with Gasteiger partial charge in [0.25, 0.3) is 0 Å². The Bertz CT molecular complexity index is 437. The molecule has 0 saturated carbocycles. The van der Waals surface area contributed by atoms with Crippen molar-refractivity contribution in [2.75, 3.05) is 6.61 Å². The zero-order chi connectivity index (χ0) is 13.8. The van der Waals surface area contributed by atoms with E-state index in [9.17, 15) is 10.1 Å². The molecule has 0 fully saturated rings. The van der Waals surface area contributed by atoms with Gasteiger partial charge < -0.3 is 4.74 Å². The Kier molecular flexibility index (Phi) is 4.80. The predicted molar refractivity (Wildman–Crippen MR) is 73.1 cm³/mol. The molecule has 0 aromatic carbocycles. The molecule has 18 heavy (non-hydrogen) atoms. The average Bonchev–Trinajstić information content (AvgIpc) is 2.66. The Morgan fingerprint density at radius 1 is 1.61 bits per heavy atom. The Balaban J connectivity index is 2.53. The predicted octanol–water partition coefficient (Wildman–Crippen LogP) is 2.75. The maximum Gasteiger partial charge on any atom is 0.314 e. The van der Waals surface area contributed by atoms with Gasteiger partial charge >= 0.3 is 5.69 Å². The van der Waals surface area contributed by atoms with Crippen LogP contribution in [0.15, 0.2) is 12.8 Å². The molecule has 0 aliphatic heterocycles. The molecule has 1 aromatic heterocycles. The van der Waals surface area contributed by atoms with Gasteiger partial charge in [0.15, 0.2) is 5.69 Å². The van der Waals surface area contributed by atoms with E-state index in [4.69, 9.17) is 4.74 Å². The molecular weight excluding hydrogens is 250 g/mol. The van der Waals surface area contributed by atoms with Crippen LogP contribution >= 0.6 is 0 Å². The molecule has 1 aromatic rings. The van der Waals surface area contributed by atoms with E-state index in [0.717, 1.165) is 6.04 Å². The fourth-order valence-electron chi connectivity index (χ4n) is 1.31. The van der Waals surface area contributed by atoms with Crippen molar-refractivity contribution in [3.05, 3.63) is 28.6 Å². The second-order valence-corrected chi connectivity index (χ2v) is 10.9. The summed E-state index contributed by atoms with van der Waals surface area (Å²) < 4.78 is 6.90. The minimum Gasteiger partial charge on any atom is -0.360 e. The van der Waals surface area contributed by atoms with Crippen LogP contribution < -0.4 is 0 Å². The standard InChI is InChI=1S/C11H19N3O3Si/c1-5-10-11(14(15)16)8-13(12-10)9-17-6-7-18(2,3)4/h5,8H,1,6-7,9H2,2-4H3. The summed E-state index contributed by atoms with van der Waals surface area (Å²) in [6.45, 7) is 11.2. The molecule has 0 atom stereocenters. The van der Waals surface area contributed by atoms with Gasteiger partial charge in [0.05, 0.1) is 4.92 Å². The summed E-state index contributed by atoms with van der Waals surface area (Å²) in [5.74, 6) is 0. The van der Waals surface area contributed by atoms with Crippen molar-refractivity contribution in [1.29, 1.82) is 0 Å². The van der Waals surface area contributed by atoms with Crippen LogP contribution in [0.4, 0.5) is 5.69 Å². The van der Waals surface area contributed by atoms with Crippen LogP contribution in [0.5, 0.6) is 0 Å². The quantitative estimate of drug-likeness (QED) is 0.330. The van der Waals surface area contributed by atoms with Gasteiger partial charge in [0.2, 0.25) is 0 Å². The Labute approximate surface area is 107 Å². The van der Waals surface area contributed by atoms with Crippen LogP contribution in [0.2, 0.25) is 25.7 Å². The molecule has 6 nitrogen and oxygen atoms in total. The lowest BCUT2D eigenvalue weighted by Crippen LogP contribution is -2.22. The lowest BCUT2D eigenvalue weighted by atomic mass is 10.4. The van der Waals surface area contributed by atoms with E-state index >= 15 is 0 Å². The number of nitrogens with zero attached hydrogens (tertiary/aromatic N) is 3. The molecule has 0 bridgehead atoms. The normalized spacial score (nSPS) is 11.5. The Morgan fingerprint density at radius 2 is 2.28 bits per heavy atom. The van der Waals surface area contributed by atoms with Gasteiger partial charge in [-0.3, -0.25) is 10.1 Å². The molecule has 0 aliphatic rings. The van der Waals surface area contributed by atoms with Crippen molar-refractivity contribution in [3.63, 3.8) is 0 Å². The molecule has 0 aliphatic carbocycles. The van der Waals surface area contributed by atoms with Crippen molar-refractivity contribution in [2.45, 2.75) is 32.4 Å². The highest BCUT2D eigenvalue weighted by Gasteiger charge is 2.17. The summed E-state index contributed by atoms with van der Waals surface area (Å²) in [6, 6.07) is 1.06. The lowest BCUT2D eigenvalue weighted by Gasteiger charge is -2.15. The van der Waals surface area contributed by atoms with E-state index in [1.807, 2.05) is 0 Å². The maximum absolute atomic E-state index is 10.7. The smallest absolute Gasteiger partial charge is 0.314 e. The monoisotopic (exact) mass is 269 g/mol. The highest BCUT2D eigenvalue weighted by atomic mass is 28.3. The molecule has 7 heteroatoms. The maximum atomic E-state index is 10.7.